The number of hydrogen-bond donors (Lipinski definition) is 0. The van der Waals surface area contributed by atoms with Crippen LogP contribution in [-0.4, -0.2) is 24.4 Å². The van der Waals surface area contributed by atoms with Gasteiger partial charge in [-0.15, -0.1) is 0 Å². The number of hydrogen-bond acceptors (Lipinski definition) is 4. The minimum Gasteiger partial charge on any atom is -0.268 e. The summed E-state index contributed by atoms with van der Waals surface area (Å²) in [7, 11) is 1.57. The molecule has 24 heavy (non-hydrogen) atoms. The topological polar surface area (TPSA) is 65.1 Å². The van der Waals surface area contributed by atoms with Crippen molar-refractivity contribution in [2.45, 2.75) is 0 Å². The fourth-order valence-corrected chi connectivity index (χ4v) is 2.63. The summed E-state index contributed by atoms with van der Waals surface area (Å²) in [6, 6.07) is 9.45. The SMILES string of the molecule is Cn1nc(-c2c(-c3ccccc3F)nn3ccncc23)ccc1=O. The van der Waals surface area contributed by atoms with Gasteiger partial charge in [-0.3, -0.25) is 9.78 Å². The molecule has 0 amide bonds. The monoisotopic (exact) mass is 321 g/mol. The molecule has 0 saturated heterocycles. The van der Waals surface area contributed by atoms with E-state index < -0.39 is 0 Å². The van der Waals surface area contributed by atoms with E-state index in [1.807, 2.05) is 0 Å². The van der Waals surface area contributed by atoms with Crippen molar-refractivity contribution in [2.75, 3.05) is 0 Å². The summed E-state index contributed by atoms with van der Waals surface area (Å²) in [6.45, 7) is 0. The van der Waals surface area contributed by atoms with Gasteiger partial charge in [-0.2, -0.15) is 10.2 Å². The fraction of sp³-hybridized carbons (Fsp3) is 0.0588. The maximum absolute atomic E-state index is 14.3. The molecule has 7 heteroatoms. The molecule has 3 heterocycles. The molecule has 0 aliphatic carbocycles. The Morgan fingerprint density at radius 2 is 1.92 bits per heavy atom. The Kier molecular flexibility index (Phi) is 3.19. The van der Waals surface area contributed by atoms with E-state index in [1.165, 1.54) is 16.8 Å². The zero-order chi connectivity index (χ0) is 16.7. The van der Waals surface area contributed by atoms with Gasteiger partial charge in [-0.25, -0.2) is 13.6 Å². The summed E-state index contributed by atoms with van der Waals surface area (Å²) < 4.78 is 17.2. The molecule has 4 rings (SSSR count). The van der Waals surface area contributed by atoms with Crippen molar-refractivity contribution in [3.63, 3.8) is 0 Å². The van der Waals surface area contributed by atoms with Crippen molar-refractivity contribution in [2.24, 2.45) is 7.05 Å². The highest BCUT2D eigenvalue weighted by atomic mass is 19.1. The van der Waals surface area contributed by atoms with Gasteiger partial charge in [0.1, 0.15) is 11.5 Å². The van der Waals surface area contributed by atoms with Crippen LogP contribution in [0.1, 0.15) is 0 Å². The van der Waals surface area contributed by atoms with Crippen LogP contribution in [0.4, 0.5) is 4.39 Å². The molecule has 0 fully saturated rings. The molecule has 0 bridgehead atoms. The van der Waals surface area contributed by atoms with Crippen molar-refractivity contribution in [3.8, 4) is 22.5 Å². The largest absolute Gasteiger partial charge is 0.268 e. The Labute approximate surface area is 135 Å². The minimum atomic E-state index is -0.375. The molecule has 118 valence electrons. The molecule has 0 aliphatic rings. The van der Waals surface area contributed by atoms with Crippen LogP contribution in [-0.2, 0) is 7.05 Å². The molecule has 3 aromatic heterocycles. The van der Waals surface area contributed by atoms with Gasteiger partial charge in [0, 0.05) is 31.1 Å². The predicted octanol–water partition coefficient (Wildman–Crippen LogP) is 2.30. The van der Waals surface area contributed by atoms with E-state index in [2.05, 4.69) is 15.2 Å². The molecule has 0 aliphatic heterocycles. The standard InChI is InChI=1S/C17H12FN5O/c1-22-15(24)7-6-13(20-22)16-14-10-19-8-9-23(14)21-17(16)11-4-2-3-5-12(11)18/h2-10H,1H3. The van der Waals surface area contributed by atoms with E-state index in [1.54, 1.807) is 54.4 Å². The summed E-state index contributed by atoms with van der Waals surface area (Å²) in [5.74, 6) is -0.375. The molecule has 0 unspecified atom stereocenters. The second kappa shape index (κ2) is 5.38. The van der Waals surface area contributed by atoms with Gasteiger partial charge in [0.2, 0.25) is 0 Å². The maximum atomic E-state index is 14.3. The molecule has 4 aromatic rings. The highest BCUT2D eigenvalue weighted by molar-refractivity contribution is 5.90. The van der Waals surface area contributed by atoms with Crippen molar-refractivity contribution in [1.82, 2.24) is 24.4 Å². The van der Waals surface area contributed by atoms with Gasteiger partial charge < -0.3 is 0 Å². The average molecular weight is 321 g/mol. The molecular formula is C17H12FN5O. The van der Waals surface area contributed by atoms with Crippen molar-refractivity contribution in [3.05, 3.63) is 71.2 Å². The van der Waals surface area contributed by atoms with Crippen LogP contribution >= 0.6 is 0 Å². The first kappa shape index (κ1) is 14.3. The first-order valence-corrected chi connectivity index (χ1v) is 7.27. The first-order valence-electron chi connectivity index (χ1n) is 7.27. The van der Waals surface area contributed by atoms with E-state index in [4.69, 9.17) is 0 Å². The first-order chi connectivity index (χ1) is 11.6. The number of benzene rings is 1. The number of rotatable bonds is 2. The van der Waals surface area contributed by atoms with E-state index >= 15 is 0 Å². The van der Waals surface area contributed by atoms with Gasteiger partial charge in [0.25, 0.3) is 5.56 Å². The molecular weight excluding hydrogens is 309 g/mol. The highest BCUT2D eigenvalue weighted by Gasteiger charge is 2.20. The quantitative estimate of drug-likeness (QED) is 0.568. The van der Waals surface area contributed by atoms with Crippen molar-refractivity contribution < 1.29 is 4.39 Å². The zero-order valence-electron chi connectivity index (χ0n) is 12.7. The third kappa shape index (κ3) is 2.18. The van der Waals surface area contributed by atoms with Crippen LogP contribution in [0.2, 0.25) is 0 Å². The number of halogens is 1. The van der Waals surface area contributed by atoms with E-state index in [-0.39, 0.29) is 11.4 Å². The Balaban J connectivity index is 2.09. The summed E-state index contributed by atoms with van der Waals surface area (Å²) >= 11 is 0. The van der Waals surface area contributed by atoms with Crippen LogP contribution in [0.3, 0.4) is 0 Å². The van der Waals surface area contributed by atoms with E-state index in [9.17, 15) is 9.18 Å². The molecule has 0 radical (unpaired) electrons. The highest BCUT2D eigenvalue weighted by Crippen LogP contribution is 2.34. The molecule has 0 atom stereocenters. The number of aryl methyl sites for hydroxylation is 1. The molecule has 1 aromatic carbocycles. The normalized spacial score (nSPS) is 11.1. The number of nitrogens with zero attached hydrogens (tertiary/aromatic N) is 5. The van der Waals surface area contributed by atoms with Crippen LogP contribution in [0.25, 0.3) is 28.0 Å². The Morgan fingerprint density at radius 3 is 2.71 bits per heavy atom. The Hall–Kier alpha value is -3.35. The molecule has 0 saturated carbocycles. The summed E-state index contributed by atoms with van der Waals surface area (Å²) in [5, 5.41) is 8.76. The predicted molar refractivity (Wildman–Crippen MR) is 86.9 cm³/mol. The molecule has 0 spiro atoms. The summed E-state index contributed by atoms with van der Waals surface area (Å²) in [4.78, 5) is 15.7. The third-order valence-electron chi connectivity index (χ3n) is 3.78. The minimum absolute atomic E-state index is 0.221. The number of aromatic nitrogens is 5. The van der Waals surface area contributed by atoms with Crippen molar-refractivity contribution >= 4 is 5.52 Å². The van der Waals surface area contributed by atoms with Crippen LogP contribution in [0.15, 0.2) is 59.8 Å². The third-order valence-corrected chi connectivity index (χ3v) is 3.78. The lowest BCUT2D eigenvalue weighted by molar-refractivity contribution is 0.630. The van der Waals surface area contributed by atoms with Crippen LogP contribution in [0, 0.1) is 5.82 Å². The van der Waals surface area contributed by atoms with Gasteiger partial charge in [-0.1, -0.05) is 12.1 Å². The molecule has 6 nitrogen and oxygen atoms in total. The zero-order valence-corrected chi connectivity index (χ0v) is 12.7. The summed E-state index contributed by atoms with van der Waals surface area (Å²) in [6.07, 6.45) is 4.92. The van der Waals surface area contributed by atoms with E-state index in [0.717, 1.165) is 0 Å². The van der Waals surface area contributed by atoms with Gasteiger partial charge in [0.05, 0.1) is 23.0 Å². The lowest BCUT2D eigenvalue weighted by atomic mass is 10.0. The second-order valence-electron chi connectivity index (χ2n) is 5.29. The Morgan fingerprint density at radius 1 is 1.08 bits per heavy atom. The maximum Gasteiger partial charge on any atom is 0.266 e. The number of fused-ring (bicyclic) bond motifs is 1. The average Bonchev–Trinajstić information content (AvgIpc) is 2.97. The van der Waals surface area contributed by atoms with Crippen LogP contribution in [0.5, 0.6) is 0 Å². The fourth-order valence-electron chi connectivity index (χ4n) is 2.63. The summed E-state index contributed by atoms with van der Waals surface area (Å²) in [5.41, 5.74) is 2.43. The van der Waals surface area contributed by atoms with Crippen LogP contribution < -0.4 is 5.56 Å². The van der Waals surface area contributed by atoms with Gasteiger partial charge in [-0.05, 0) is 18.2 Å². The van der Waals surface area contributed by atoms with Gasteiger partial charge >= 0.3 is 0 Å². The molecule has 0 N–H and O–H groups in total. The van der Waals surface area contributed by atoms with Crippen molar-refractivity contribution in [1.29, 1.82) is 0 Å². The lowest BCUT2D eigenvalue weighted by Gasteiger charge is -2.05. The smallest absolute Gasteiger partial charge is 0.266 e. The lowest BCUT2D eigenvalue weighted by Crippen LogP contribution is -2.18. The van der Waals surface area contributed by atoms with E-state index in [0.29, 0.717) is 28.0 Å². The second-order valence-corrected chi connectivity index (χ2v) is 5.29. The van der Waals surface area contributed by atoms with Gasteiger partial charge in [0.15, 0.2) is 0 Å². The Bertz CT molecular complexity index is 1120.